The van der Waals surface area contributed by atoms with Crippen molar-refractivity contribution in [2.45, 2.75) is 57.6 Å². The average Bonchev–Trinajstić information content (AvgIpc) is 3.11. The molecule has 1 unspecified atom stereocenters. The average molecular weight is 294 g/mol. The SMILES string of the molecule is NCCCCCCC(=O)Nc1cnn(CC2CCCO2)c1. The molecule has 118 valence electrons. The third-order valence-electron chi connectivity index (χ3n) is 3.69. The summed E-state index contributed by atoms with van der Waals surface area (Å²) >= 11 is 0. The molecule has 1 aliphatic heterocycles. The van der Waals surface area contributed by atoms with Gasteiger partial charge in [-0.05, 0) is 32.2 Å². The molecule has 0 bridgehead atoms. The Balaban J connectivity index is 1.65. The number of nitrogens with one attached hydrogen (secondary N) is 1. The molecule has 2 heterocycles. The van der Waals surface area contributed by atoms with Crippen LogP contribution < -0.4 is 11.1 Å². The Kier molecular flexibility index (Phi) is 6.69. The van der Waals surface area contributed by atoms with Gasteiger partial charge in [0.15, 0.2) is 0 Å². The van der Waals surface area contributed by atoms with Gasteiger partial charge in [0.1, 0.15) is 0 Å². The third kappa shape index (κ3) is 5.85. The van der Waals surface area contributed by atoms with Gasteiger partial charge in [-0.1, -0.05) is 12.8 Å². The lowest BCUT2D eigenvalue weighted by Crippen LogP contribution is -2.15. The van der Waals surface area contributed by atoms with Gasteiger partial charge in [0, 0.05) is 19.2 Å². The minimum atomic E-state index is 0.0550. The molecule has 1 fully saturated rings. The minimum absolute atomic E-state index is 0.0550. The van der Waals surface area contributed by atoms with Crippen molar-refractivity contribution in [2.75, 3.05) is 18.5 Å². The number of amides is 1. The summed E-state index contributed by atoms with van der Waals surface area (Å²) in [5.74, 6) is 0.0550. The van der Waals surface area contributed by atoms with Gasteiger partial charge in [0.05, 0.1) is 24.5 Å². The number of carbonyl (C=O) groups is 1. The van der Waals surface area contributed by atoms with Crippen molar-refractivity contribution in [3.8, 4) is 0 Å². The van der Waals surface area contributed by atoms with Crippen LogP contribution in [-0.2, 0) is 16.1 Å². The second-order valence-electron chi connectivity index (χ2n) is 5.59. The van der Waals surface area contributed by atoms with Crippen LogP contribution in [0.2, 0.25) is 0 Å². The van der Waals surface area contributed by atoms with Crippen LogP contribution in [0.4, 0.5) is 5.69 Å². The molecule has 1 saturated heterocycles. The van der Waals surface area contributed by atoms with Crippen molar-refractivity contribution in [2.24, 2.45) is 5.73 Å². The van der Waals surface area contributed by atoms with E-state index in [0.29, 0.717) is 6.42 Å². The van der Waals surface area contributed by atoms with Gasteiger partial charge in [0.25, 0.3) is 0 Å². The Morgan fingerprint density at radius 2 is 2.29 bits per heavy atom. The fourth-order valence-electron chi connectivity index (χ4n) is 2.53. The lowest BCUT2D eigenvalue weighted by molar-refractivity contribution is -0.116. The maximum atomic E-state index is 11.8. The molecule has 21 heavy (non-hydrogen) atoms. The zero-order chi connectivity index (χ0) is 14.9. The zero-order valence-electron chi connectivity index (χ0n) is 12.6. The Labute approximate surface area is 126 Å². The highest BCUT2D eigenvalue weighted by molar-refractivity contribution is 5.90. The van der Waals surface area contributed by atoms with Crippen molar-refractivity contribution in [3.63, 3.8) is 0 Å². The molecule has 1 atom stereocenters. The van der Waals surface area contributed by atoms with Gasteiger partial charge in [-0.25, -0.2) is 0 Å². The van der Waals surface area contributed by atoms with Crippen LogP contribution in [0.5, 0.6) is 0 Å². The third-order valence-corrected chi connectivity index (χ3v) is 3.69. The molecule has 0 spiro atoms. The highest BCUT2D eigenvalue weighted by Crippen LogP contribution is 2.15. The van der Waals surface area contributed by atoms with Crippen LogP contribution in [-0.4, -0.2) is 34.9 Å². The molecule has 0 radical (unpaired) electrons. The monoisotopic (exact) mass is 294 g/mol. The molecule has 6 nitrogen and oxygen atoms in total. The number of carbonyl (C=O) groups excluding carboxylic acids is 1. The Bertz CT molecular complexity index is 427. The second-order valence-corrected chi connectivity index (χ2v) is 5.59. The first-order valence-electron chi connectivity index (χ1n) is 7.92. The van der Waals surface area contributed by atoms with Crippen LogP contribution in [0.1, 0.15) is 44.9 Å². The van der Waals surface area contributed by atoms with E-state index < -0.39 is 0 Å². The predicted octanol–water partition coefficient (Wildman–Crippen LogP) is 1.91. The summed E-state index contributed by atoms with van der Waals surface area (Å²) in [7, 11) is 0. The van der Waals surface area contributed by atoms with Crippen molar-refractivity contribution >= 4 is 11.6 Å². The standard InChI is InChI=1S/C15H26N4O2/c16-8-4-2-1-3-7-15(20)18-13-10-17-19(11-13)12-14-6-5-9-21-14/h10-11,14H,1-9,12,16H2,(H,18,20). The van der Waals surface area contributed by atoms with Crippen molar-refractivity contribution in [1.29, 1.82) is 0 Å². The highest BCUT2D eigenvalue weighted by Gasteiger charge is 2.16. The summed E-state index contributed by atoms with van der Waals surface area (Å²) in [5.41, 5.74) is 6.20. The Hall–Kier alpha value is -1.40. The summed E-state index contributed by atoms with van der Waals surface area (Å²) in [6.45, 7) is 2.34. The maximum absolute atomic E-state index is 11.8. The van der Waals surface area contributed by atoms with Crippen molar-refractivity contribution in [3.05, 3.63) is 12.4 Å². The number of anilines is 1. The van der Waals surface area contributed by atoms with E-state index >= 15 is 0 Å². The molecule has 1 amide bonds. The number of aromatic nitrogens is 2. The molecule has 6 heteroatoms. The molecule has 1 aliphatic rings. The topological polar surface area (TPSA) is 82.2 Å². The summed E-state index contributed by atoms with van der Waals surface area (Å²) < 4.78 is 7.42. The van der Waals surface area contributed by atoms with Crippen LogP contribution >= 0.6 is 0 Å². The number of ether oxygens (including phenoxy) is 1. The quantitative estimate of drug-likeness (QED) is 0.682. The second kappa shape index (κ2) is 8.79. The first kappa shape index (κ1) is 16.0. The Morgan fingerprint density at radius 3 is 3.05 bits per heavy atom. The summed E-state index contributed by atoms with van der Waals surface area (Å²) in [4.78, 5) is 11.8. The van der Waals surface area contributed by atoms with Crippen molar-refractivity contribution < 1.29 is 9.53 Å². The van der Waals surface area contributed by atoms with E-state index in [1.807, 2.05) is 10.9 Å². The molecule has 3 N–H and O–H groups in total. The number of rotatable bonds is 9. The summed E-state index contributed by atoms with van der Waals surface area (Å²) in [6, 6.07) is 0. The smallest absolute Gasteiger partial charge is 0.224 e. The van der Waals surface area contributed by atoms with E-state index in [2.05, 4.69) is 10.4 Å². The summed E-state index contributed by atoms with van der Waals surface area (Å²) in [6.07, 6.45) is 10.7. The van der Waals surface area contributed by atoms with Crippen LogP contribution in [0.15, 0.2) is 12.4 Å². The number of hydrogen-bond donors (Lipinski definition) is 2. The highest BCUT2D eigenvalue weighted by atomic mass is 16.5. The van der Waals surface area contributed by atoms with E-state index in [4.69, 9.17) is 10.5 Å². The first-order chi connectivity index (χ1) is 10.3. The fraction of sp³-hybridized carbons (Fsp3) is 0.733. The predicted molar refractivity (Wildman–Crippen MR) is 82.0 cm³/mol. The van der Waals surface area contributed by atoms with Gasteiger partial charge >= 0.3 is 0 Å². The van der Waals surface area contributed by atoms with E-state index in [-0.39, 0.29) is 12.0 Å². The molecule has 2 rings (SSSR count). The molecular formula is C15H26N4O2. The normalized spacial score (nSPS) is 18.0. The largest absolute Gasteiger partial charge is 0.376 e. The fourth-order valence-corrected chi connectivity index (χ4v) is 2.53. The maximum Gasteiger partial charge on any atom is 0.224 e. The van der Waals surface area contributed by atoms with E-state index in [1.165, 1.54) is 0 Å². The molecule has 0 aliphatic carbocycles. The van der Waals surface area contributed by atoms with E-state index in [9.17, 15) is 4.79 Å². The lowest BCUT2D eigenvalue weighted by Gasteiger charge is -2.08. The van der Waals surface area contributed by atoms with Crippen LogP contribution in [0.3, 0.4) is 0 Å². The van der Waals surface area contributed by atoms with Gasteiger partial charge in [-0.15, -0.1) is 0 Å². The summed E-state index contributed by atoms with van der Waals surface area (Å²) in [5, 5.41) is 7.15. The first-order valence-corrected chi connectivity index (χ1v) is 7.92. The van der Waals surface area contributed by atoms with Gasteiger partial charge in [-0.3, -0.25) is 9.48 Å². The molecular weight excluding hydrogens is 268 g/mol. The number of hydrogen-bond acceptors (Lipinski definition) is 4. The Morgan fingerprint density at radius 1 is 1.43 bits per heavy atom. The van der Waals surface area contributed by atoms with Crippen LogP contribution in [0, 0.1) is 0 Å². The van der Waals surface area contributed by atoms with E-state index in [0.717, 1.165) is 63.9 Å². The number of unbranched alkanes of at least 4 members (excludes halogenated alkanes) is 3. The lowest BCUT2D eigenvalue weighted by atomic mass is 10.1. The van der Waals surface area contributed by atoms with Crippen LogP contribution in [0.25, 0.3) is 0 Å². The zero-order valence-corrected chi connectivity index (χ0v) is 12.6. The molecule has 0 saturated carbocycles. The van der Waals surface area contributed by atoms with Gasteiger partial charge < -0.3 is 15.8 Å². The van der Waals surface area contributed by atoms with E-state index in [1.54, 1.807) is 6.20 Å². The van der Waals surface area contributed by atoms with Gasteiger partial charge in [-0.2, -0.15) is 5.10 Å². The number of nitrogens with two attached hydrogens (primary N) is 1. The minimum Gasteiger partial charge on any atom is -0.376 e. The van der Waals surface area contributed by atoms with Gasteiger partial charge in [0.2, 0.25) is 5.91 Å². The molecule has 1 aromatic rings. The van der Waals surface area contributed by atoms with Crippen molar-refractivity contribution in [1.82, 2.24) is 9.78 Å². The molecule has 0 aromatic carbocycles. The number of nitrogens with zero attached hydrogens (tertiary/aromatic N) is 2. The molecule has 1 aromatic heterocycles.